The molecule has 0 aliphatic heterocycles. The van der Waals surface area contributed by atoms with Gasteiger partial charge in [-0.2, -0.15) is 0 Å². The Balaban J connectivity index is 1.79. The zero-order valence-electron chi connectivity index (χ0n) is 10.6. The van der Waals surface area contributed by atoms with Crippen LogP contribution in [0.3, 0.4) is 0 Å². The molecule has 0 unspecified atom stereocenters. The van der Waals surface area contributed by atoms with Gasteiger partial charge in [-0.15, -0.1) is 11.8 Å². The SMILES string of the molecule is O=C(NCCSc1ccccc1)c1ccc(F)c(F)c1. The molecule has 2 aromatic rings. The quantitative estimate of drug-likeness (QED) is 0.675. The highest BCUT2D eigenvalue weighted by atomic mass is 32.2. The number of hydrogen-bond acceptors (Lipinski definition) is 2. The van der Waals surface area contributed by atoms with Crippen molar-refractivity contribution in [2.24, 2.45) is 0 Å². The molecule has 2 nitrogen and oxygen atoms in total. The second kappa shape index (κ2) is 7.05. The molecule has 0 aliphatic carbocycles. The lowest BCUT2D eigenvalue weighted by Crippen LogP contribution is -2.25. The van der Waals surface area contributed by atoms with Crippen molar-refractivity contribution in [3.63, 3.8) is 0 Å². The molecular weight excluding hydrogens is 280 g/mol. The summed E-state index contributed by atoms with van der Waals surface area (Å²) in [7, 11) is 0. The third-order valence-electron chi connectivity index (χ3n) is 2.58. The molecule has 0 aliphatic rings. The molecule has 0 aromatic heterocycles. The molecular formula is C15H13F2NOS. The van der Waals surface area contributed by atoms with Crippen LogP contribution in [0.15, 0.2) is 53.4 Å². The number of carbonyl (C=O) groups excluding carboxylic acids is 1. The van der Waals surface area contributed by atoms with Crippen molar-refractivity contribution < 1.29 is 13.6 Å². The molecule has 104 valence electrons. The Labute approximate surface area is 120 Å². The van der Waals surface area contributed by atoms with E-state index in [4.69, 9.17) is 0 Å². The molecule has 0 heterocycles. The Morgan fingerprint density at radius 1 is 1.05 bits per heavy atom. The Bertz CT molecular complexity index is 590. The van der Waals surface area contributed by atoms with Crippen molar-refractivity contribution in [2.45, 2.75) is 4.90 Å². The van der Waals surface area contributed by atoms with E-state index in [1.807, 2.05) is 30.3 Å². The molecule has 5 heteroatoms. The molecule has 1 N–H and O–H groups in total. The fraction of sp³-hybridized carbons (Fsp3) is 0.133. The van der Waals surface area contributed by atoms with E-state index in [0.29, 0.717) is 12.3 Å². The van der Waals surface area contributed by atoms with Gasteiger partial charge < -0.3 is 5.32 Å². The highest BCUT2D eigenvalue weighted by molar-refractivity contribution is 7.99. The van der Waals surface area contributed by atoms with E-state index in [-0.39, 0.29) is 5.56 Å². The van der Waals surface area contributed by atoms with Gasteiger partial charge in [0.1, 0.15) is 0 Å². The molecule has 20 heavy (non-hydrogen) atoms. The van der Waals surface area contributed by atoms with Crippen LogP contribution < -0.4 is 5.32 Å². The average molecular weight is 293 g/mol. The minimum Gasteiger partial charge on any atom is -0.351 e. The second-order valence-corrected chi connectivity index (χ2v) is 5.21. The largest absolute Gasteiger partial charge is 0.351 e. The van der Waals surface area contributed by atoms with Crippen molar-refractivity contribution in [1.29, 1.82) is 0 Å². The summed E-state index contributed by atoms with van der Waals surface area (Å²) < 4.78 is 25.7. The lowest BCUT2D eigenvalue weighted by atomic mass is 10.2. The van der Waals surface area contributed by atoms with E-state index in [1.165, 1.54) is 6.07 Å². The summed E-state index contributed by atoms with van der Waals surface area (Å²) in [5.41, 5.74) is 0.119. The summed E-state index contributed by atoms with van der Waals surface area (Å²) in [6.45, 7) is 0.456. The highest BCUT2D eigenvalue weighted by Crippen LogP contribution is 2.15. The lowest BCUT2D eigenvalue weighted by molar-refractivity contribution is 0.0955. The second-order valence-electron chi connectivity index (χ2n) is 4.05. The van der Waals surface area contributed by atoms with Gasteiger partial charge >= 0.3 is 0 Å². The van der Waals surface area contributed by atoms with E-state index in [1.54, 1.807) is 11.8 Å². The first-order valence-electron chi connectivity index (χ1n) is 6.08. The third kappa shape index (κ3) is 4.06. The molecule has 0 saturated carbocycles. The zero-order chi connectivity index (χ0) is 14.4. The Morgan fingerprint density at radius 2 is 1.80 bits per heavy atom. The van der Waals surface area contributed by atoms with Crippen molar-refractivity contribution in [3.8, 4) is 0 Å². The molecule has 0 bridgehead atoms. The maximum absolute atomic E-state index is 13.0. The Morgan fingerprint density at radius 3 is 2.50 bits per heavy atom. The maximum atomic E-state index is 13.0. The van der Waals surface area contributed by atoms with Crippen LogP contribution in [0.5, 0.6) is 0 Å². The van der Waals surface area contributed by atoms with Crippen molar-refractivity contribution in [3.05, 3.63) is 65.7 Å². The van der Waals surface area contributed by atoms with Gasteiger partial charge in [0, 0.05) is 22.8 Å². The molecule has 2 aromatic carbocycles. The summed E-state index contributed by atoms with van der Waals surface area (Å²) in [5.74, 6) is -1.67. The van der Waals surface area contributed by atoms with Gasteiger partial charge in [-0.1, -0.05) is 18.2 Å². The summed E-state index contributed by atoms with van der Waals surface area (Å²) in [5, 5.41) is 2.67. The van der Waals surface area contributed by atoms with E-state index in [9.17, 15) is 13.6 Å². The minimum absolute atomic E-state index is 0.119. The van der Waals surface area contributed by atoms with Crippen LogP contribution in [0.25, 0.3) is 0 Å². The number of benzene rings is 2. The van der Waals surface area contributed by atoms with Crippen molar-refractivity contribution >= 4 is 17.7 Å². The van der Waals surface area contributed by atoms with Crippen molar-refractivity contribution in [1.82, 2.24) is 5.32 Å². The van der Waals surface area contributed by atoms with Gasteiger partial charge in [0.25, 0.3) is 5.91 Å². The summed E-state index contributed by atoms with van der Waals surface area (Å²) >= 11 is 1.61. The molecule has 1 amide bonds. The fourth-order valence-corrected chi connectivity index (χ4v) is 2.38. The van der Waals surface area contributed by atoms with Crippen LogP contribution in [0, 0.1) is 11.6 Å². The van der Waals surface area contributed by atoms with Crippen LogP contribution in [0.2, 0.25) is 0 Å². The minimum atomic E-state index is -1.02. The van der Waals surface area contributed by atoms with Gasteiger partial charge in [-0.05, 0) is 30.3 Å². The number of halogens is 2. The maximum Gasteiger partial charge on any atom is 0.251 e. The van der Waals surface area contributed by atoms with E-state index in [0.717, 1.165) is 17.0 Å². The van der Waals surface area contributed by atoms with Gasteiger partial charge in [0.2, 0.25) is 0 Å². The van der Waals surface area contributed by atoms with Crippen LogP contribution in [0.4, 0.5) is 8.78 Å². The highest BCUT2D eigenvalue weighted by Gasteiger charge is 2.08. The van der Waals surface area contributed by atoms with Gasteiger partial charge in [0.15, 0.2) is 11.6 Å². The predicted molar refractivity (Wildman–Crippen MR) is 75.9 cm³/mol. The van der Waals surface area contributed by atoms with Gasteiger partial charge in [-0.25, -0.2) is 8.78 Å². The number of hydrogen-bond donors (Lipinski definition) is 1. The molecule has 0 spiro atoms. The number of nitrogens with one attached hydrogen (secondary N) is 1. The van der Waals surface area contributed by atoms with Crippen LogP contribution in [-0.2, 0) is 0 Å². The van der Waals surface area contributed by atoms with Gasteiger partial charge in [0.05, 0.1) is 0 Å². The number of amides is 1. The van der Waals surface area contributed by atoms with Crippen LogP contribution in [0.1, 0.15) is 10.4 Å². The van der Waals surface area contributed by atoms with Gasteiger partial charge in [-0.3, -0.25) is 4.79 Å². The monoisotopic (exact) mass is 293 g/mol. The first kappa shape index (κ1) is 14.5. The summed E-state index contributed by atoms with van der Waals surface area (Å²) in [6.07, 6.45) is 0. The molecule has 0 saturated heterocycles. The topological polar surface area (TPSA) is 29.1 Å². The first-order valence-corrected chi connectivity index (χ1v) is 7.06. The molecule has 0 radical (unpaired) electrons. The molecule has 0 fully saturated rings. The van der Waals surface area contributed by atoms with E-state index < -0.39 is 17.5 Å². The van der Waals surface area contributed by atoms with E-state index in [2.05, 4.69) is 5.32 Å². The van der Waals surface area contributed by atoms with E-state index >= 15 is 0 Å². The molecule has 0 atom stereocenters. The van der Waals surface area contributed by atoms with Crippen LogP contribution >= 0.6 is 11.8 Å². The standard InChI is InChI=1S/C15H13F2NOS/c16-13-7-6-11(10-14(13)17)15(19)18-8-9-20-12-4-2-1-3-5-12/h1-7,10H,8-9H2,(H,18,19). The summed E-state index contributed by atoms with van der Waals surface area (Å²) in [6, 6.07) is 12.9. The number of carbonyl (C=O) groups is 1. The lowest BCUT2D eigenvalue weighted by Gasteiger charge is -2.05. The normalized spacial score (nSPS) is 10.3. The predicted octanol–water partition coefficient (Wildman–Crippen LogP) is 3.49. The summed E-state index contributed by atoms with van der Waals surface area (Å²) in [4.78, 5) is 12.8. The number of rotatable bonds is 5. The number of thioether (sulfide) groups is 1. The third-order valence-corrected chi connectivity index (χ3v) is 3.60. The zero-order valence-corrected chi connectivity index (χ0v) is 11.4. The average Bonchev–Trinajstić information content (AvgIpc) is 2.47. The first-order chi connectivity index (χ1) is 9.66. The Hall–Kier alpha value is -1.88. The van der Waals surface area contributed by atoms with Crippen molar-refractivity contribution in [2.75, 3.05) is 12.3 Å². The molecule has 2 rings (SSSR count). The smallest absolute Gasteiger partial charge is 0.251 e. The Kier molecular flexibility index (Phi) is 5.12. The van der Waals surface area contributed by atoms with Crippen LogP contribution in [-0.4, -0.2) is 18.2 Å². The fourth-order valence-electron chi connectivity index (χ4n) is 1.59.